The van der Waals surface area contributed by atoms with E-state index in [1.165, 1.54) is 0 Å². The Labute approximate surface area is 117 Å². The first-order valence-electron chi connectivity index (χ1n) is 5.80. The lowest BCUT2D eigenvalue weighted by molar-refractivity contribution is 0.355. The van der Waals surface area contributed by atoms with Gasteiger partial charge >= 0.3 is 0 Å². The summed E-state index contributed by atoms with van der Waals surface area (Å²) in [5.41, 5.74) is 1.72. The van der Waals surface area contributed by atoms with Gasteiger partial charge < -0.3 is 14.8 Å². The molecule has 0 saturated carbocycles. The number of anilines is 1. The van der Waals surface area contributed by atoms with Crippen LogP contribution < -0.4 is 14.8 Å². The molecule has 1 aromatic heterocycles. The van der Waals surface area contributed by atoms with Crippen LogP contribution in [0.15, 0.2) is 36.5 Å². The van der Waals surface area contributed by atoms with Crippen LogP contribution in [0.4, 0.5) is 5.69 Å². The number of pyridine rings is 1. The van der Waals surface area contributed by atoms with Crippen molar-refractivity contribution in [3.8, 4) is 11.5 Å². The van der Waals surface area contributed by atoms with Gasteiger partial charge in [0.2, 0.25) is 0 Å². The molecule has 0 bridgehead atoms. The number of nitrogens with one attached hydrogen (secondary N) is 1. The number of nitrogens with zero attached hydrogens (tertiary/aromatic N) is 1. The molecule has 5 heteroatoms. The number of methoxy groups -OCH3 is 2. The molecular weight excluding hydrogens is 264 g/mol. The van der Waals surface area contributed by atoms with Gasteiger partial charge in [0.25, 0.3) is 0 Å². The zero-order valence-corrected chi connectivity index (χ0v) is 11.6. The van der Waals surface area contributed by atoms with Crippen molar-refractivity contribution >= 4 is 17.3 Å². The third-order valence-corrected chi connectivity index (χ3v) is 2.97. The van der Waals surface area contributed by atoms with Crippen LogP contribution in [-0.2, 0) is 6.54 Å². The monoisotopic (exact) mass is 278 g/mol. The Kier molecular flexibility index (Phi) is 4.47. The summed E-state index contributed by atoms with van der Waals surface area (Å²) in [6.45, 7) is 0.593. The van der Waals surface area contributed by atoms with Gasteiger partial charge in [-0.15, -0.1) is 0 Å². The topological polar surface area (TPSA) is 43.4 Å². The summed E-state index contributed by atoms with van der Waals surface area (Å²) < 4.78 is 10.4. The normalized spacial score (nSPS) is 10.1. The van der Waals surface area contributed by atoms with Gasteiger partial charge in [0.1, 0.15) is 0 Å². The maximum absolute atomic E-state index is 6.18. The van der Waals surface area contributed by atoms with Gasteiger partial charge in [-0.3, -0.25) is 4.98 Å². The molecule has 0 spiro atoms. The molecule has 2 rings (SSSR count). The smallest absolute Gasteiger partial charge is 0.162 e. The van der Waals surface area contributed by atoms with Crippen LogP contribution in [0.1, 0.15) is 5.69 Å². The fraction of sp³-hybridized carbons (Fsp3) is 0.214. The number of hydrogen-bond donors (Lipinski definition) is 1. The van der Waals surface area contributed by atoms with Crippen molar-refractivity contribution in [1.82, 2.24) is 4.98 Å². The Bertz CT molecular complexity index is 547. The van der Waals surface area contributed by atoms with Gasteiger partial charge in [-0.2, -0.15) is 0 Å². The Morgan fingerprint density at radius 1 is 1.16 bits per heavy atom. The van der Waals surface area contributed by atoms with Crippen molar-refractivity contribution in [3.05, 3.63) is 47.2 Å². The average Bonchev–Trinajstić information content (AvgIpc) is 2.46. The van der Waals surface area contributed by atoms with Gasteiger partial charge in [-0.25, -0.2) is 0 Å². The van der Waals surface area contributed by atoms with Crippen molar-refractivity contribution < 1.29 is 9.47 Å². The molecule has 0 atom stereocenters. The summed E-state index contributed by atoms with van der Waals surface area (Å²) in [7, 11) is 3.17. The molecule has 2 aromatic rings. The molecular formula is C14H15ClN2O2. The van der Waals surface area contributed by atoms with Gasteiger partial charge in [0.05, 0.1) is 37.2 Å². The summed E-state index contributed by atoms with van der Waals surface area (Å²) in [4.78, 5) is 4.24. The SMILES string of the molecule is COc1cc(Cl)c(NCc2ccccn2)cc1OC. The van der Waals surface area contributed by atoms with Crippen LogP contribution in [0, 0.1) is 0 Å². The predicted octanol–water partition coefficient (Wildman–Crippen LogP) is 3.36. The fourth-order valence-electron chi connectivity index (χ4n) is 1.68. The highest BCUT2D eigenvalue weighted by molar-refractivity contribution is 6.33. The Balaban J connectivity index is 2.16. The number of benzene rings is 1. The standard InChI is InChI=1S/C14H15ClN2O2/c1-18-13-7-11(15)12(8-14(13)19-2)17-9-10-5-3-4-6-16-10/h3-8,17H,9H2,1-2H3. The van der Waals surface area contributed by atoms with Crippen LogP contribution in [0.5, 0.6) is 11.5 Å². The lowest BCUT2D eigenvalue weighted by Crippen LogP contribution is -2.02. The molecule has 0 aliphatic rings. The second-order valence-corrected chi connectivity index (χ2v) is 4.27. The minimum absolute atomic E-state index is 0.577. The van der Waals surface area contributed by atoms with E-state index in [0.717, 1.165) is 11.4 Å². The van der Waals surface area contributed by atoms with Gasteiger partial charge in [0.15, 0.2) is 11.5 Å². The van der Waals surface area contributed by atoms with Gasteiger partial charge in [0, 0.05) is 18.3 Å². The van der Waals surface area contributed by atoms with Crippen LogP contribution in [0.3, 0.4) is 0 Å². The molecule has 0 saturated heterocycles. The summed E-state index contributed by atoms with van der Waals surface area (Å²) in [5.74, 6) is 1.24. The predicted molar refractivity (Wildman–Crippen MR) is 76.1 cm³/mol. The quantitative estimate of drug-likeness (QED) is 0.911. The van der Waals surface area contributed by atoms with Crippen LogP contribution in [-0.4, -0.2) is 19.2 Å². The van der Waals surface area contributed by atoms with E-state index in [9.17, 15) is 0 Å². The zero-order chi connectivity index (χ0) is 13.7. The number of ether oxygens (including phenoxy) is 2. The molecule has 0 fully saturated rings. The maximum Gasteiger partial charge on any atom is 0.162 e. The van der Waals surface area contributed by atoms with E-state index in [-0.39, 0.29) is 0 Å². The molecule has 0 amide bonds. The molecule has 1 aromatic carbocycles. The van der Waals surface area contributed by atoms with Crippen molar-refractivity contribution in [3.63, 3.8) is 0 Å². The van der Waals surface area contributed by atoms with Crippen LogP contribution in [0.25, 0.3) is 0 Å². The molecule has 19 heavy (non-hydrogen) atoms. The van der Waals surface area contributed by atoms with Gasteiger partial charge in [-0.05, 0) is 12.1 Å². The van der Waals surface area contributed by atoms with E-state index >= 15 is 0 Å². The number of rotatable bonds is 5. The Hall–Kier alpha value is -1.94. The van der Waals surface area contributed by atoms with E-state index in [1.807, 2.05) is 24.3 Å². The van der Waals surface area contributed by atoms with E-state index in [1.54, 1.807) is 26.5 Å². The first-order valence-corrected chi connectivity index (χ1v) is 6.17. The number of hydrogen-bond acceptors (Lipinski definition) is 4. The highest BCUT2D eigenvalue weighted by Crippen LogP contribution is 2.36. The summed E-state index contributed by atoms with van der Waals surface area (Å²) >= 11 is 6.18. The molecule has 0 radical (unpaired) electrons. The molecule has 0 unspecified atom stereocenters. The Morgan fingerprint density at radius 3 is 2.53 bits per heavy atom. The highest BCUT2D eigenvalue weighted by Gasteiger charge is 2.09. The zero-order valence-electron chi connectivity index (χ0n) is 10.8. The minimum atomic E-state index is 0.577. The third kappa shape index (κ3) is 3.29. The lowest BCUT2D eigenvalue weighted by atomic mass is 10.2. The summed E-state index contributed by atoms with van der Waals surface area (Å²) in [6, 6.07) is 9.31. The third-order valence-electron chi connectivity index (χ3n) is 2.66. The first kappa shape index (κ1) is 13.5. The highest BCUT2D eigenvalue weighted by atomic mass is 35.5. The average molecular weight is 279 g/mol. The van der Waals surface area contributed by atoms with Crippen molar-refractivity contribution in [1.29, 1.82) is 0 Å². The van der Waals surface area contributed by atoms with Crippen molar-refractivity contribution in [2.45, 2.75) is 6.54 Å². The molecule has 4 nitrogen and oxygen atoms in total. The van der Waals surface area contributed by atoms with Crippen LogP contribution in [0.2, 0.25) is 5.02 Å². The molecule has 1 heterocycles. The largest absolute Gasteiger partial charge is 0.493 e. The second-order valence-electron chi connectivity index (χ2n) is 3.86. The second kappa shape index (κ2) is 6.29. The molecule has 0 aliphatic carbocycles. The van der Waals surface area contributed by atoms with E-state index in [4.69, 9.17) is 21.1 Å². The maximum atomic E-state index is 6.18. The molecule has 100 valence electrons. The van der Waals surface area contributed by atoms with E-state index < -0.39 is 0 Å². The number of halogens is 1. The summed E-state index contributed by atoms with van der Waals surface area (Å²) in [5, 5.41) is 3.80. The van der Waals surface area contributed by atoms with E-state index in [0.29, 0.717) is 23.1 Å². The fourth-order valence-corrected chi connectivity index (χ4v) is 1.90. The summed E-state index contributed by atoms with van der Waals surface area (Å²) in [6.07, 6.45) is 1.76. The van der Waals surface area contributed by atoms with Gasteiger partial charge in [-0.1, -0.05) is 17.7 Å². The van der Waals surface area contributed by atoms with Crippen molar-refractivity contribution in [2.24, 2.45) is 0 Å². The van der Waals surface area contributed by atoms with Crippen LogP contribution >= 0.6 is 11.6 Å². The Morgan fingerprint density at radius 2 is 1.89 bits per heavy atom. The first-order chi connectivity index (χ1) is 9.24. The number of aromatic nitrogens is 1. The molecule has 0 aliphatic heterocycles. The van der Waals surface area contributed by atoms with Crippen molar-refractivity contribution in [2.75, 3.05) is 19.5 Å². The van der Waals surface area contributed by atoms with E-state index in [2.05, 4.69) is 10.3 Å². The lowest BCUT2D eigenvalue weighted by Gasteiger charge is -2.13. The molecule has 1 N–H and O–H groups in total. The minimum Gasteiger partial charge on any atom is -0.493 e.